The highest BCUT2D eigenvalue weighted by atomic mass is 16.4. The minimum absolute atomic E-state index is 0.00918. The van der Waals surface area contributed by atoms with Crippen LogP contribution in [0.2, 0.25) is 0 Å². The Hall–Kier alpha value is -2.10. The second kappa shape index (κ2) is 3.73. The molecule has 0 atom stereocenters. The van der Waals surface area contributed by atoms with Gasteiger partial charge in [0.1, 0.15) is 16.9 Å². The molecule has 0 fully saturated rings. The summed E-state index contributed by atoms with van der Waals surface area (Å²) < 4.78 is 5.08. The Morgan fingerprint density at radius 3 is 2.41 bits per heavy atom. The third-order valence-electron chi connectivity index (χ3n) is 3.12. The topological polar surface area (TPSA) is 67.5 Å². The molecule has 88 valence electrons. The van der Waals surface area contributed by atoms with Gasteiger partial charge >= 0.3 is 5.63 Å². The summed E-state index contributed by atoms with van der Waals surface area (Å²) in [5, 5.41) is 10.6. The molecule has 1 aromatic heterocycles. The second-order valence-corrected chi connectivity index (χ2v) is 4.07. The monoisotopic (exact) mass is 232 g/mol. The molecule has 4 nitrogen and oxygen atoms in total. The van der Waals surface area contributed by atoms with Crippen molar-refractivity contribution in [1.82, 2.24) is 0 Å². The molecule has 0 aliphatic rings. The molecule has 0 spiro atoms. The SMILES string of the molecule is Cc1c(O)c(C)c2oc(=O)c(C=O)cc2c1C. The van der Waals surface area contributed by atoms with Crippen molar-refractivity contribution < 1.29 is 14.3 Å². The lowest BCUT2D eigenvalue weighted by Crippen LogP contribution is -2.07. The highest BCUT2D eigenvalue weighted by Crippen LogP contribution is 2.33. The number of aldehydes is 1. The average Bonchev–Trinajstić information content (AvgIpc) is 2.33. The molecule has 4 heteroatoms. The zero-order chi connectivity index (χ0) is 12.7. The van der Waals surface area contributed by atoms with Crippen LogP contribution in [0.25, 0.3) is 11.0 Å². The van der Waals surface area contributed by atoms with Crippen LogP contribution in [0.5, 0.6) is 5.75 Å². The van der Waals surface area contributed by atoms with Crippen LogP contribution in [0, 0.1) is 20.8 Å². The van der Waals surface area contributed by atoms with Gasteiger partial charge in [0.05, 0.1) is 0 Å². The molecule has 0 aliphatic carbocycles. The Morgan fingerprint density at radius 2 is 1.82 bits per heavy atom. The largest absolute Gasteiger partial charge is 0.507 e. The minimum atomic E-state index is -0.682. The van der Waals surface area contributed by atoms with Crippen molar-refractivity contribution >= 4 is 17.3 Å². The number of aromatic hydroxyl groups is 1. The first-order valence-corrected chi connectivity index (χ1v) is 5.19. The number of aryl methyl sites for hydroxylation is 2. The van der Waals surface area contributed by atoms with E-state index in [1.165, 1.54) is 6.07 Å². The molecule has 2 aromatic rings. The Bertz CT molecular complexity index is 680. The standard InChI is InChI=1S/C13H12O4/c1-6-7(2)11(15)8(3)12-10(6)4-9(5-14)13(16)17-12/h4-5,15H,1-3H3. The Morgan fingerprint density at radius 1 is 1.18 bits per heavy atom. The van der Waals surface area contributed by atoms with Gasteiger partial charge in [-0.3, -0.25) is 4.79 Å². The van der Waals surface area contributed by atoms with Crippen LogP contribution >= 0.6 is 0 Å². The van der Waals surface area contributed by atoms with Gasteiger partial charge in [0, 0.05) is 10.9 Å². The second-order valence-electron chi connectivity index (χ2n) is 4.07. The van der Waals surface area contributed by atoms with Crippen LogP contribution in [-0.2, 0) is 0 Å². The number of hydrogen-bond donors (Lipinski definition) is 1. The molecule has 1 N–H and O–H groups in total. The van der Waals surface area contributed by atoms with Crippen LogP contribution < -0.4 is 5.63 Å². The van der Waals surface area contributed by atoms with E-state index in [2.05, 4.69) is 0 Å². The maximum atomic E-state index is 11.4. The van der Waals surface area contributed by atoms with E-state index in [0.29, 0.717) is 22.8 Å². The molecule has 0 saturated heterocycles. The van der Waals surface area contributed by atoms with Gasteiger partial charge in [0.25, 0.3) is 0 Å². The number of carbonyl (C=O) groups excluding carboxylic acids is 1. The van der Waals surface area contributed by atoms with E-state index in [0.717, 1.165) is 11.1 Å². The highest BCUT2D eigenvalue weighted by Gasteiger charge is 2.15. The minimum Gasteiger partial charge on any atom is -0.507 e. The molecule has 0 aliphatic heterocycles. The van der Waals surface area contributed by atoms with Crippen LogP contribution in [0.15, 0.2) is 15.3 Å². The predicted molar refractivity (Wildman–Crippen MR) is 63.7 cm³/mol. The predicted octanol–water partition coefficient (Wildman–Crippen LogP) is 2.24. The van der Waals surface area contributed by atoms with Gasteiger partial charge in [0.2, 0.25) is 0 Å². The number of phenolic OH excluding ortho intramolecular Hbond substituents is 1. The van der Waals surface area contributed by atoms with E-state index in [1.54, 1.807) is 13.8 Å². The van der Waals surface area contributed by atoms with Gasteiger partial charge in [-0.25, -0.2) is 4.79 Å². The van der Waals surface area contributed by atoms with Crippen molar-refractivity contribution in [1.29, 1.82) is 0 Å². The summed E-state index contributed by atoms with van der Waals surface area (Å²) in [7, 11) is 0. The smallest absolute Gasteiger partial charge is 0.346 e. The van der Waals surface area contributed by atoms with E-state index in [1.807, 2.05) is 6.92 Å². The average molecular weight is 232 g/mol. The molecule has 0 radical (unpaired) electrons. The van der Waals surface area contributed by atoms with Crippen molar-refractivity contribution in [2.24, 2.45) is 0 Å². The Balaban J connectivity index is 3.06. The van der Waals surface area contributed by atoms with Gasteiger partial charge in [-0.2, -0.15) is 0 Å². The maximum absolute atomic E-state index is 11.4. The number of rotatable bonds is 1. The van der Waals surface area contributed by atoms with Crippen molar-refractivity contribution in [2.75, 3.05) is 0 Å². The fourth-order valence-electron chi connectivity index (χ4n) is 1.89. The van der Waals surface area contributed by atoms with Crippen LogP contribution in [0.3, 0.4) is 0 Å². The lowest BCUT2D eigenvalue weighted by Gasteiger charge is -2.11. The van der Waals surface area contributed by atoms with Crippen molar-refractivity contribution in [3.63, 3.8) is 0 Å². The number of benzene rings is 1. The van der Waals surface area contributed by atoms with Gasteiger partial charge in [-0.1, -0.05) is 0 Å². The van der Waals surface area contributed by atoms with E-state index in [4.69, 9.17) is 4.42 Å². The van der Waals surface area contributed by atoms with Crippen molar-refractivity contribution in [2.45, 2.75) is 20.8 Å². The summed E-state index contributed by atoms with van der Waals surface area (Å²) in [5.41, 5.74) is 1.68. The summed E-state index contributed by atoms with van der Waals surface area (Å²) in [6.07, 6.45) is 0.474. The molecule has 0 unspecified atom stereocenters. The fourth-order valence-corrected chi connectivity index (χ4v) is 1.89. The van der Waals surface area contributed by atoms with Gasteiger partial charge in [-0.15, -0.1) is 0 Å². The number of fused-ring (bicyclic) bond motifs is 1. The third-order valence-corrected chi connectivity index (χ3v) is 3.12. The summed E-state index contributed by atoms with van der Waals surface area (Å²) >= 11 is 0. The van der Waals surface area contributed by atoms with Crippen molar-refractivity contribution in [3.8, 4) is 5.75 Å². The Kier molecular flexibility index (Phi) is 2.50. The molecule has 2 rings (SSSR count). The molecule has 1 aromatic carbocycles. The molecule has 17 heavy (non-hydrogen) atoms. The first kappa shape index (κ1) is 11.4. The molecule has 0 bridgehead atoms. The van der Waals surface area contributed by atoms with Gasteiger partial charge in [-0.05, 0) is 38.0 Å². The third kappa shape index (κ3) is 1.53. The van der Waals surface area contributed by atoms with E-state index >= 15 is 0 Å². The number of phenols is 1. The normalized spacial score (nSPS) is 10.8. The van der Waals surface area contributed by atoms with Crippen LogP contribution in [0.1, 0.15) is 27.0 Å². The lowest BCUT2D eigenvalue weighted by atomic mass is 9.99. The number of hydrogen-bond acceptors (Lipinski definition) is 4. The first-order valence-electron chi connectivity index (χ1n) is 5.19. The molecule has 1 heterocycles. The molecular weight excluding hydrogens is 220 g/mol. The summed E-state index contributed by atoms with van der Waals surface area (Å²) in [6.45, 7) is 5.27. The molecule has 0 amide bonds. The molecular formula is C13H12O4. The summed E-state index contributed by atoms with van der Waals surface area (Å²) in [6, 6.07) is 1.50. The highest BCUT2D eigenvalue weighted by molar-refractivity contribution is 5.90. The van der Waals surface area contributed by atoms with Gasteiger partial charge in [0.15, 0.2) is 6.29 Å². The summed E-state index contributed by atoms with van der Waals surface area (Å²) in [5.74, 6) is 0.122. The zero-order valence-electron chi connectivity index (χ0n) is 9.83. The van der Waals surface area contributed by atoms with Crippen LogP contribution in [-0.4, -0.2) is 11.4 Å². The quantitative estimate of drug-likeness (QED) is 0.604. The van der Waals surface area contributed by atoms with Gasteiger partial charge < -0.3 is 9.52 Å². The fraction of sp³-hybridized carbons (Fsp3) is 0.231. The van der Waals surface area contributed by atoms with Crippen LogP contribution in [0.4, 0.5) is 0 Å². The Labute approximate surface area is 97.5 Å². The van der Waals surface area contributed by atoms with E-state index in [-0.39, 0.29) is 11.3 Å². The lowest BCUT2D eigenvalue weighted by molar-refractivity contribution is 0.112. The first-order chi connectivity index (χ1) is 7.97. The van der Waals surface area contributed by atoms with E-state index in [9.17, 15) is 14.7 Å². The van der Waals surface area contributed by atoms with Crippen molar-refractivity contribution in [3.05, 3.63) is 38.7 Å². The maximum Gasteiger partial charge on any atom is 0.346 e. The molecule has 0 saturated carbocycles. The number of carbonyl (C=O) groups is 1. The summed E-state index contributed by atoms with van der Waals surface area (Å²) in [4.78, 5) is 22.2. The zero-order valence-corrected chi connectivity index (χ0v) is 9.83. The van der Waals surface area contributed by atoms with E-state index < -0.39 is 5.63 Å².